The number of carboxylic acids is 1. The molecule has 0 atom stereocenters. The van der Waals surface area contributed by atoms with Crippen LogP contribution >= 0.6 is 0 Å². The van der Waals surface area contributed by atoms with Crippen molar-refractivity contribution < 1.29 is 24.2 Å². The Morgan fingerprint density at radius 2 is 2.12 bits per heavy atom. The summed E-state index contributed by atoms with van der Waals surface area (Å²) in [4.78, 5) is 21.8. The number of hydrogen-bond acceptors (Lipinski definition) is 4. The van der Waals surface area contributed by atoms with Crippen LogP contribution in [0.3, 0.4) is 0 Å². The van der Waals surface area contributed by atoms with Gasteiger partial charge in [-0.15, -0.1) is 0 Å². The Morgan fingerprint density at radius 3 is 2.71 bits per heavy atom. The van der Waals surface area contributed by atoms with E-state index >= 15 is 0 Å². The highest BCUT2D eigenvalue weighted by Crippen LogP contribution is 2.12. The standard InChI is InChI=1S/C12H14O5/c1-2-3-4-8-5-11(17-7-8)9(13)6-10(14)12(15)16/h5-7,14H,2-4H2,1H3,(H,15,16). The largest absolute Gasteiger partial charge is 0.502 e. The van der Waals surface area contributed by atoms with Gasteiger partial charge in [-0.05, 0) is 24.5 Å². The second-order valence-corrected chi connectivity index (χ2v) is 3.62. The van der Waals surface area contributed by atoms with Gasteiger partial charge in [0.1, 0.15) is 0 Å². The second-order valence-electron chi connectivity index (χ2n) is 3.62. The van der Waals surface area contributed by atoms with Gasteiger partial charge in [0, 0.05) is 6.08 Å². The second kappa shape index (κ2) is 5.89. The molecule has 0 aromatic carbocycles. The maximum Gasteiger partial charge on any atom is 0.371 e. The Kier molecular flexibility index (Phi) is 4.51. The van der Waals surface area contributed by atoms with Crippen molar-refractivity contribution >= 4 is 11.8 Å². The molecule has 1 heterocycles. The van der Waals surface area contributed by atoms with Gasteiger partial charge >= 0.3 is 5.97 Å². The van der Waals surface area contributed by atoms with Crippen LogP contribution in [0.4, 0.5) is 0 Å². The first-order valence-corrected chi connectivity index (χ1v) is 5.30. The van der Waals surface area contributed by atoms with Crippen LogP contribution in [0.1, 0.15) is 35.9 Å². The zero-order valence-corrected chi connectivity index (χ0v) is 9.47. The first kappa shape index (κ1) is 13.0. The van der Waals surface area contributed by atoms with Crippen LogP contribution < -0.4 is 0 Å². The number of unbranched alkanes of at least 4 members (excludes halogenated alkanes) is 1. The molecule has 0 spiro atoms. The number of rotatable bonds is 6. The van der Waals surface area contributed by atoms with Crippen LogP contribution in [0.2, 0.25) is 0 Å². The van der Waals surface area contributed by atoms with Crippen molar-refractivity contribution in [3.8, 4) is 0 Å². The molecule has 2 N–H and O–H groups in total. The van der Waals surface area contributed by atoms with E-state index in [4.69, 9.17) is 14.6 Å². The molecule has 92 valence electrons. The highest BCUT2D eigenvalue weighted by atomic mass is 16.4. The van der Waals surface area contributed by atoms with Crippen LogP contribution in [-0.4, -0.2) is 22.0 Å². The maximum absolute atomic E-state index is 11.5. The van der Waals surface area contributed by atoms with Crippen molar-refractivity contribution in [1.29, 1.82) is 0 Å². The number of carboxylic acid groups (broad SMARTS) is 1. The van der Waals surface area contributed by atoms with E-state index in [1.165, 1.54) is 6.26 Å². The number of hydrogen-bond donors (Lipinski definition) is 2. The van der Waals surface area contributed by atoms with Crippen LogP contribution in [0, 0.1) is 0 Å². The molecule has 0 aliphatic carbocycles. The van der Waals surface area contributed by atoms with Crippen molar-refractivity contribution in [2.75, 3.05) is 0 Å². The smallest absolute Gasteiger partial charge is 0.371 e. The van der Waals surface area contributed by atoms with Gasteiger partial charge < -0.3 is 14.6 Å². The molecule has 0 unspecified atom stereocenters. The van der Waals surface area contributed by atoms with E-state index < -0.39 is 17.5 Å². The Bertz CT molecular complexity index is 442. The summed E-state index contributed by atoms with van der Waals surface area (Å²) in [6.45, 7) is 2.06. The molecule has 5 nitrogen and oxygen atoms in total. The first-order chi connectivity index (χ1) is 8.04. The van der Waals surface area contributed by atoms with Gasteiger partial charge in [-0.25, -0.2) is 4.79 Å². The lowest BCUT2D eigenvalue weighted by Crippen LogP contribution is -2.03. The van der Waals surface area contributed by atoms with Crippen molar-refractivity contribution in [3.05, 3.63) is 35.5 Å². The number of carbonyl (C=O) groups is 2. The Hall–Kier alpha value is -2.04. The van der Waals surface area contributed by atoms with E-state index in [1.807, 2.05) is 0 Å². The van der Waals surface area contributed by atoms with Crippen LogP contribution in [0.5, 0.6) is 0 Å². The number of carbonyl (C=O) groups excluding carboxylic acids is 1. The summed E-state index contributed by atoms with van der Waals surface area (Å²) in [7, 11) is 0. The molecular weight excluding hydrogens is 224 g/mol. The number of ketones is 1. The maximum atomic E-state index is 11.5. The third-order valence-electron chi connectivity index (χ3n) is 2.20. The molecule has 0 saturated heterocycles. The fraction of sp³-hybridized carbons (Fsp3) is 0.333. The number of aliphatic hydroxyl groups excluding tert-OH is 1. The van der Waals surface area contributed by atoms with E-state index in [-0.39, 0.29) is 5.76 Å². The zero-order chi connectivity index (χ0) is 12.8. The van der Waals surface area contributed by atoms with E-state index in [0.29, 0.717) is 6.08 Å². The zero-order valence-electron chi connectivity index (χ0n) is 9.47. The topological polar surface area (TPSA) is 87.7 Å². The van der Waals surface area contributed by atoms with Gasteiger partial charge in [0.25, 0.3) is 0 Å². The summed E-state index contributed by atoms with van der Waals surface area (Å²) >= 11 is 0. The van der Waals surface area contributed by atoms with Crippen LogP contribution in [0.15, 0.2) is 28.6 Å². The minimum absolute atomic E-state index is 0.0314. The molecule has 0 aliphatic rings. The molecule has 0 bridgehead atoms. The third kappa shape index (κ3) is 3.79. The molecular formula is C12H14O5. The summed E-state index contributed by atoms with van der Waals surface area (Å²) < 4.78 is 5.01. The molecule has 0 amide bonds. The highest BCUT2D eigenvalue weighted by molar-refractivity contribution is 6.06. The van der Waals surface area contributed by atoms with Crippen molar-refractivity contribution in [2.45, 2.75) is 26.2 Å². The minimum Gasteiger partial charge on any atom is -0.502 e. The number of aliphatic carboxylic acids is 1. The monoisotopic (exact) mass is 238 g/mol. The van der Waals surface area contributed by atoms with Gasteiger partial charge in [-0.1, -0.05) is 13.3 Å². The summed E-state index contributed by atoms with van der Waals surface area (Å²) in [6.07, 6.45) is 4.93. The SMILES string of the molecule is CCCCc1coc(C(=O)C=C(O)C(=O)O)c1. The Morgan fingerprint density at radius 1 is 1.41 bits per heavy atom. The van der Waals surface area contributed by atoms with Crippen LogP contribution in [-0.2, 0) is 11.2 Å². The molecule has 0 fully saturated rings. The molecule has 17 heavy (non-hydrogen) atoms. The van der Waals surface area contributed by atoms with Crippen LogP contribution in [0.25, 0.3) is 0 Å². The Balaban J connectivity index is 2.73. The van der Waals surface area contributed by atoms with E-state index in [0.717, 1.165) is 24.8 Å². The average Bonchev–Trinajstić information content (AvgIpc) is 2.74. The highest BCUT2D eigenvalue weighted by Gasteiger charge is 2.12. The van der Waals surface area contributed by atoms with Gasteiger partial charge in [0.15, 0.2) is 5.76 Å². The molecule has 1 aromatic heterocycles. The molecule has 5 heteroatoms. The van der Waals surface area contributed by atoms with Gasteiger partial charge in [0.05, 0.1) is 6.26 Å². The fourth-order valence-electron chi connectivity index (χ4n) is 1.27. The summed E-state index contributed by atoms with van der Waals surface area (Å²) in [5.74, 6) is -3.17. The van der Waals surface area contributed by atoms with E-state index in [9.17, 15) is 9.59 Å². The lowest BCUT2D eigenvalue weighted by atomic mass is 10.1. The number of aliphatic hydroxyl groups is 1. The first-order valence-electron chi connectivity index (χ1n) is 5.30. The number of aryl methyl sites for hydroxylation is 1. The van der Waals surface area contributed by atoms with Crippen molar-refractivity contribution in [1.82, 2.24) is 0 Å². The van der Waals surface area contributed by atoms with Crippen molar-refractivity contribution in [2.24, 2.45) is 0 Å². The predicted octanol–water partition coefficient (Wildman–Crippen LogP) is 2.33. The average molecular weight is 238 g/mol. The summed E-state index contributed by atoms with van der Waals surface area (Å²) in [5.41, 5.74) is 0.887. The molecule has 0 aliphatic heterocycles. The number of furan rings is 1. The lowest BCUT2D eigenvalue weighted by Gasteiger charge is -1.91. The lowest BCUT2D eigenvalue weighted by molar-refractivity contribution is -0.135. The molecule has 1 aromatic rings. The number of allylic oxidation sites excluding steroid dienone is 1. The van der Waals surface area contributed by atoms with Gasteiger partial charge in [-0.2, -0.15) is 0 Å². The van der Waals surface area contributed by atoms with E-state index in [1.54, 1.807) is 6.07 Å². The summed E-state index contributed by atoms with van der Waals surface area (Å²) in [6, 6.07) is 1.56. The summed E-state index contributed by atoms with van der Waals surface area (Å²) in [5, 5.41) is 17.3. The van der Waals surface area contributed by atoms with Gasteiger partial charge in [0.2, 0.25) is 11.5 Å². The normalized spacial score (nSPS) is 11.5. The predicted molar refractivity (Wildman–Crippen MR) is 60.0 cm³/mol. The molecule has 0 saturated carbocycles. The minimum atomic E-state index is -1.55. The molecule has 1 rings (SSSR count). The van der Waals surface area contributed by atoms with Gasteiger partial charge in [-0.3, -0.25) is 4.79 Å². The van der Waals surface area contributed by atoms with E-state index in [2.05, 4.69) is 6.92 Å². The molecule has 0 radical (unpaired) electrons. The third-order valence-corrected chi connectivity index (χ3v) is 2.20. The quantitative estimate of drug-likeness (QED) is 0.451. The Labute approximate surface area is 98.4 Å². The fourth-order valence-corrected chi connectivity index (χ4v) is 1.27. The van der Waals surface area contributed by atoms with Crippen molar-refractivity contribution in [3.63, 3.8) is 0 Å².